The van der Waals surface area contributed by atoms with E-state index in [1.165, 1.54) is 12.1 Å². The minimum atomic E-state index is -0.440. The molecular formula is C20H16N4O4. The molecule has 4 rings (SSSR count). The number of nitrogens with zero attached hydrogens (tertiary/aromatic N) is 3. The Morgan fingerprint density at radius 2 is 1.75 bits per heavy atom. The highest BCUT2D eigenvalue weighted by atomic mass is 16.4. The van der Waals surface area contributed by atoms with Gasteiger partial charge in [-0.1, -0.05) is 22.8 Å². The number of amides is 3. The van der Waals surface area contributed by atoms with Gasteiger partial charge in [0.1, 0.15) is 0 Å². The zero-order valence-corrected chi connectivity index (χ0v) is 15.0. The number of anilines is 2. The molecule has 2 heterocycles. The number of nitrogens with one attached hydrogen (secondary N) is 1. The minimum absolute atomic E-state index is 0.0181. The first-order valence-corrected chi connectivity index (χ1v) is 8.69. The molecule has 1 aromatic heterocycles. The average Bonchev–Trinajstić information content (AvgIpc) is 3.28. The highest BCUT2D eigenvalue weighted by molar-refractivity contribution is 6.20. The Morgan fingerprint density at radius 1 is 1.04 bits per heavy atom. The first-order valence-electron chi connectivity index (χ1n) is 8.69. The van der Waals surface area contributed by atoms with Crippen LogP contribution in [0.15, 0.2) is 52.9 Å². The SMILES string of the molecule is Cc1cccc(-c2nnc(NC(=O)c3ccc(N4C(=O)CCC4=O)cc3)o2)c1. The van der Waals surface area contributed by atoms with E-state index in [9.17, 15) is 14.4 Å². The van der Waals surface area contributed by atoms with Crippen LogP contribution in [0.25, 0.3) is 11.5 Å². The van der Waals surface area contributed by atoms with Crippen molar-refractivity contribution in [2.24, 2.45) is 0 Å². The molecule has 0 aliphatic carbocycles. The Balaban J connectivity index is 1.47. The molecule has 1 aliphatic rings. The molecule has 0 saturated carbocycles. The number of aromatic nitrogens is 2. The summed E-state index contributed by atoms with van der Waals surface area (Å²) in [5.74, 6) is -0.612. The van der Waals surface area contributed by atoms with Crippen molar-refractivity contribution in [1.29, 1.82) is 0 Å². The molecule has 0 bridgehead atoms. The first-order chi connectivity index (χ1) is 13.5. The Labute approximate surface area is 160 Å². The molecule has 0 atom stereocenters. The third-order valence-corrected chi connectivity index (χ3v) is 4.35. The lowest BCUT2D eigenvalue weighted by Crippen LogP contribution is -2.28. The molecule has 1 fully saturated rings. The number of imide groups is 1. The molecule has 3 aromatic rings. The van der Waals surface area contributed by atoms with E-state index in [1.54, 1.807) is 12.1 Å². The maximum absolute atomic E-state index is 12.4. The second-order valence-corrected chi connectivity index (χ2v) is 6.41. The van der Waals surface area contributed by atoms with Crippen LogP contribution in [-0.2, 0) is 9.59 Å². The molecule has 0 spiro atoms. The third-order valence-electron chi connectivity index (χ3n) is 4.35. The number of aryl methyl sites for hydroxylation is 1. The first kappa shape index (κ1) is 17.6. The van der Waals surface area contributed by atoms with Crippen LogP contribution in [0.1, 0.15) is 28.8 Å². The van der Waals surface area contributed by atoms with E-state index in [2.05, 4.69) is 15.5 Å². The van der Waals surface area contributed by atoms with Gasteiger partial charge in [0.25, 0.3) is 5.91 Å². The van der Waals surface area contributed by atoms with Crippen molar-refractivity contribution in [3.63, 3.8) is 0 Å². The Bertz CT molecular complexity index is 1060. The smallest absolute Gasteiger partial charge is 0.322 e. The van der Waals surface area contributed by atoms with Gasteiger partial charge in [0.05, 0.1) is 5.69 Å². The van der Waals surface area contributed by atoms with Gasteiger partial charge in [0.2, 0.25) is 17.7 Å². The summed E-state index contributed by atoms with van der Waals surface area (Å²) < 4.78 is 5.50. The largest absolute Gasteiger partial charge is 0.403 e. The minimum Gasteiger partial charge on any atom is -0.403 e. The van der Waals surface area contributed by atoms with E-state index >= 15 is 0 Å². The Kier molecular flexibility index (Phi) is 4.44. The molecule has 1 saturated heterocycles. The van der Waals surface area contributed by atoms with Gasteiger partial charge in [-0.3, -0.25) is 24.6 Å². The maximum atomic E-state index is 12.4. The van der Waals surface area contributed by atoms with Gasteiger partial charge in [0, 0.05) is 24.0 Å². The van der Waals surface area contributed by atoms with E-state index in [-0.39, 0.29) is 30.7 Å². The third kappa shape index (κ3) is 3.39. The van der Waals surface area contributed by atoms with Crippen LogP contribution in [0.4, 0.5) is 11.7 Å². The standard InChI is InChI=1S/C20H16N4O4/c1-12-3-2-4-14(11-12)19-22-23-20(28-19)21-18(27)13-5-7-15(8-6-13)24-16(25)9-10-17(24)26/h2-8,11H,9-10H2,1H3,(H,21,23,27). The molecule has 140 valence electrons. The van der Waals surface area contributed by atoms with Crippen LogP contribution in [0.5, 0.6) is 0 Å². The molecule has 2 aromatic carbocycles. The monoisotopic (exact) mass is 376 g/mol. The number of hydrogen-bond acceptors (Lipinski definition) is 6. The Morgan fingerprint density at radius 3 is 2.43 bits per heavy atom. The number of carbonyl (C=O) groups is 3. The molecule has 1 aliphatic heterocycles. The van der Waals surface area contributed by atoms with E-state index in [0.717, 1.165) is 16.0 Å². The Hall–Kier alpha value is -3.81. The summed E-state index contributed by atoms with van der Waals surface area (Å²) in [6.45, 7) is 1.95. The predicted molar refractivity (Wildman–Crippen MR) is 101 cm³/mol. The molecule has 28 heavy (non-hydrogen) atoms. The zero-order chi connectivity index (χ0) is 19.7. The second-order valence-electron chi connectivity index (χ2n) is 6.41. The normalized spacial score (nSPS) is 13.8. The quantitative estimate of drug-likeness (QED) is 0.702. The van der Waals surface area contributed by atoms with Gasteiger partial charge >= 0.3 is 6.01 Å². The molecule has 3 amide bonds. The van der Waals surface area contributed by atoms with Crippen molar-refractivity contribution in [1.82, 2.24) is 10.2 Å². The summed E-state index contributed by atoms with van der Waals surface area (Å²) in [5.41, 5.74) is 2.59. The molecule has 8 nitrogen and oxygen atoms in total. The molecule has 1 N–H and O–H groups in total. The molecule has 0 unspecified atom stereocenters. The van der Waals surface area contributed by atoms with Crippen molar-refractivity contribution >= 4 is 29.4 Å². The lowest BCUT2D eigenvalue weighted by Gasteiger charge is -2.13. The fraction of sp³-hybridized carbons (Fsp3) is 0.150. The summed E-state index contributed by atoms with van der Waals surface area (Å²) in [6.07, 6.45) is 0.420. The van der Waals surface area contributed by atoms with E-state index in [1.807, 2.05) is 31.2 Å². The van der Waals surface area contributed by atoms with Gasteiger partial charge in [-0.2, -0.15) is 0 Å². The van der Waals surface area contributed by atoms with Gasteiger partial charge in [0.15, 0.2) is 0 Å². The van der Waals surface area contributed by atoms with E-state index < -0.39 is 5.91 Å². The summed E-state index contributed by atoms with van der Waals surface area (Å²) in [4.78, 5) is 37.1. The van der Waals surface area contributed by atoms with Gasteiger partial charge < -0.3 is 4.42 Å². The van der Waals surface area contributed by atoms with Crippen LogP contribution in [0.3, 0.4) is 0 Å². The van der Waals surface area contributed by atoms with Crippen LogP contribution >= 0.6 is 0 Å². The zero-order valence-electron chi connectivity index (χ0n) is 15.0. The molecular weight excluding hydrogens is 360 g/mol. The van der Waals surface area contributed by atoms with Crippen LogP contribution < -0.4 is 10.2 Å². The van der Waals surface area contributed by atoms with Crippen LogP contribution in [0.2, 0.25) is 0 Å². The van der Waals surface area contributed by atoms with Crippen molar-refractivity contribution in [2.45, 2.75) is 19.8 Å². The fourth-order valence-corrected chi connectivity index (χ4v) is 2.96. The van der Waals surface area contributed by atoms with E-state index in [4.69, 9.17) is 4.42 Å². The fourth-order valence-electron chi connectivity index (χ4n) is 2.96. The highest BCUT2D eigenvalue weighted by Gasteiger charge is 2.30. The maximum Gasteiger partial charge on any atom is 0.322 e. The van der Waals surface area contributed by atoms with Gasteiger partial charge in [-0.15, -0.1) is 5.10 Å². The average molecular weight is 376 g/mol. The summed E-state index contributed by atoms with van der Waals surface area (Å²) >= 11 is 0. The number of hydrogen-bond donors (Lipinski definition) is 1. The van der Waals surface area contributed by atoms with E-state index in [0.29, 0.717) is 17.1 Å². The summed E-state index contributed by atoms with van der Waals surface area (Å²) in [6, 6.07) is 13.7. The van der Waals surface area contributed by atoms with Crippen molar-refractivity contribution in [3.8, 4) is 11.5 Å². The van der Waals surface area contributed by atoms with Gasteiger partial charge in [-0.25, -0.2) is 0 Å². The second kappa shape index (κ2) is 7.07. The highest BCUT2D eigenvalue weighted by Crippen LogP contribution is 2.24. The van der Waals surface area contributed by atoms with Crippen molar-refractivity contribution in [2.75, 3.05) is 10.2 Å². The summed E-state index contributed by atoms with van der Waals surface area (Å²) in [5, 5.41) is 10.3. The summed E-state index contributed by atoms with van der Waals surface area (Å²) in [7, 11) is 0. The predicted octanol–water partition coefficient (Wildman–Crippen LogP) is 2.95. The number of rotatable bonds is 4. The molecule has 0 radical (unpaired) electrons. The topological polar surface area (TPSA) is 105 Å². The van der Waals surface area contributed by atoms with Crippen molar-refractivity contribution in [3.05, 3.63) is 59.7 Å². The molecule has 8 heteroatoms. The lowest BCUT2D eigenvalue weighted by molar-refractivity contribution is -0.121. The van der Waals surface area contributed by atoms with Crippen LogP contribution in [-0.4, -0.2) is 27.9 Å². The lowest BCUT2D eigenvalue weighted by atomic mass is 10.1. The number of carbonyl (C=O) groups excluding carboxylic acids is 3. The van der Waals surface area contributed by atoms with Crippen molar-refractivity contribution < 1.29 is 18.8 Å². The van der Waals surface area contributed by atoms with Crippen LogP contribution in [0, 0.1) is 6.92 Å². The van der Waals surface area contributed by atoms with Gasteiger partial charge in [-0.05, 0) is 43.3 Å². The number of benzene rings is 2.